The van der Waals surface area contributed by atoms with Gasteiger partial charge in [0.05, 0.1) is 14.2 Å². The Hall–Kier alpha value is -1.52. The summed E-state index contributed by atoms with van der Waals surface area (Å²) in [7, 11) is 3.03. The van der Waals surface area contributed by atoms with Gasteiger partial charge in [-0.15, -0.1) is 0 Å². The van der Waals surface area contributed by atoms with Crippen LogP contribution in [0.5, 0.6) is 11.8 Å². The van der Waals surface area contributed by atoms with Gasteiger partial charge < -0.3 is 15.2 Å². The van der Waals surface area contributed by atoms with Gasteiger partial charge >= 0.3 is 0 Å². The largest absolute Gasteiger partial charge is 0.479 e. The maximum atomic E-state index is 5.70. The van der Waals surface area contributed by atoms with E-state index < -0.39 is 0 Å². The highest BCUT2D eigenvalue weighted by Gasteiger charge is 2.14. The number of methoxy groups -OCH3 is 2. The van der Waals surface area contributed by atoms with E-state index in [4.69, 9.17) is 15.2 Å². The summed E-state index contributed by atoms with van der Waals surface area (Å²) in [5.74, 6) is 1.59. The quantitative estimate of drug-likeness (QED) is 0.857. The summed E-state index contributed by atoms with van der Waals surface area (Å²) in [6.45, 7) is 7.98. The summed E-state index contributed by atoms with van der Waals surface area (Å²) in [5.41, 5.74) is 6.03. The Morgan fingerprint density at radius 1 is 1.00 bits per heavy atom. The van der Waals surface area contributed by atoms with E-state index in [-0.39, 0.29) is 5.92 Å². The van der Waals surface area contributed by atoms with Crippen LogP contribution in [0.2, 0.25) is 0 Å². The summed E-state index contributed by atoms with van der Waals surface area (Å²) in [6, 6.07) is 0. The molecule has 16 heavy (non-hydrogen) atoms. The second-order valence-corrected chi connectivity index (χ2v) is 3.17. The smallest absolute Gasteiger partial charge is 0.244 e. The van der Waals surface area contributed by atoms with Gasteiger partial charge in [-0.25, -0.2) is 0 Å². The highest BCUT2D eigenvalue weighted by molar-refractivity contribution is 5.56. The average molecular weight is 227 g/mol. The van der Waals surface area contributed by atoms with E-state index in [2.05, 4.69) is 9.97 Å². The van der Waals surface area contributed by atoms with Crippen LogP contribution in [0.25, 0.3) is 0 Å². The molecule has 5 nitrogen and oxygen atoms in total. The molecule has 0 radical (unpaired) electrons. The zero-order valence-electron chi connectivity index (χ0n) is 10.9. The van der Waals surface area contributed by atoms with Crippen LogP contribution in [-0.2, 0) is 0 Å². The molecule has 0 unspecified atom stereocenters. The standard InChI is InChI=1S/C9H15N3O2.C2H6/c1-5(2)7-11-8(13-3)6(10)9(12-7)14-4;1-2/h5H,10H2,1-4H3;1-2H3. The minimum atomic E-state index is 0.207. The molecule has 0 aliphatic carbocycles. The van der Waals surface area contributed by atoms with Gasteiger partial charge in [0.15, 0.2) is 5.69 Å². The van der Waals surface area contributed by atoms with E-state index in [9.17, 15) is 0 Å². The van der Waals surface area contributed by atoms with Crippen LogP contribution < -0.4 is 15.2 Å². The van der Waals surface area contributed by atoms with Gasteiger partial charge in [-0.3, -0.25) is 0 Å². The van der Waals surface area contributed by atoms with Crippen LogP contribution in [0.1, 0.15) is 39.4 Å². The molecule has 1 rings (SSSR count). The third-order valence-electron chi connectivity index (χ3n) is 1.80. The molecule has 1 heterocycles. The molecule has 0 saturated carbocycles. The fraction of sp³-hybridized carbons (Fsp3) is 0.636. The molecule has 0 atom stereocenters. The number of hydrogen-bond donors (Lipinski definition) is 1. The molecule has 1 aromatic rings. The lowest BCUT2D eigenvalue weighted by Crippen LogP contribution is -2.06. The van der Waals surface area contributed by atoms with Gasteiger partial charge in [-0.05, 0) is 0 Å². The van der Waals surface area contributed by atoms with Crippen molar-refractivity contribution < 1.29 is 9.47 Å². The predicted molar refractivity (Wildman–Crippen MR) is 65.0 cm³/mol. The minimum Gasteiger partial charge on any atom is -0.479 e. The lowest BCUT2D eigenvalue weighted by Gasteiger charge is -2.11. The molecule has 0 aromatic carbocycles. The lowest BCUT2D eigenvalue weighted by molar-refractivity contribution is 0.371. The second kappa shape index (κ2) is 6.87. The Labute approximate surface area is 97.0 Å². The van der Waals surface area contributed by atoms with Crippen LogP contribution in [-0.4, -0.2) is 24.2 Å². The number of nitrogens with two attached hydrogens (primary N) is 1. The van der Waals surface area contributed by atoms with Crippen molar-refractivity contribution >= 4 is 5.69 Å². The maximum Gasteiger partial charge on any atom is 0.244 e. The van der Waals surface area contributed by atoms with Gasteiger partial charge in [0.25, 0.3) is 0 Å². The van der Waals surface area contributed by atoms with Crippen LogP contribution in [0, 0.1) is 0 Å². The number of aromatic nitrogens is 2. The molecule has 0 saturated heterocycles. The van der Waals surface area contributed by atoms with Crippen LogP contribution >= 0.6 is 0 Å². The number of anilines is 1. The van der Waals surface area contributed by atoms with E-state index in [1.807, 2.05) is 27.7 Å². The normalized spacial score (nSPS) is 9.44. The zero-order valence-corrected chi connectivity index (χ0v) is 10.9. The molecule has 5 heteroatoms. The van der Waals surface area contributed by atoms with Crippen molar-refractivity contribution in [1.29, 1.82) is 0 Å². The Morgan fingerprint density at radius 3 is 1.62 bits per heavy atom. The van der Waals surface area contributed by atoms with E-state index >= 15 is 0 Å². The fourth-order valence-electron chi connectivity index (χ4n) is 1.01. The molecule has 0 spiro atoms. The fourth-order valence-corrected chi connectivity index (χ4v) is 1.01. The molecule has 0 aliphatic heterocycles. The van der Waals surface area contributed by atoms with Crippen molar-refractivity contribution in [3.63, 3.8) is 0 Å². The Morgan fingerprint density at radius 2 is 1.38 bits per heavy atom. The molecule has 1 aromatic heterocycles. The summed E-state index contributed by atoms with van der Waals surface area (Å²) in [5, 5.41) is 0. The Balaban J connectivity index is 0.00000106. The monoisotopic (exact) mass is 227 g/mol. The first-order chi connectivity index (χ1) is 7.60. The van der Waals surface area contributed by atoms with Crippen LogP contribution in [0.15, 0.2) is 0 Å². The van der Waals surface area contributed by atoms with Crippen LogP contribution in [0.4, 0.5) is 5.69 Å². The third kappa shape index (κ3) is 3.25. The number of ether oxygens (including phenoxy) is 2. The van der Waals surface area contributed by atoms with Crippen molar-refractivity contribution in [3.05, 3.63) is 5.82 Å². The number of rotatable bonds is 3. The highest BCUT2D eigenvalue weighted by Crippen LogP contribution is 2.29. The summed E-state index contributed by atoms with van der Waals surface area (Å²) in [4.78, 5) is 8.32. The van der Waals surface area contributed by atoms with Gasteiger partial charge in [-0.2, -0.15) is 9.97 Å². The third-order valence-corrected chi connectivity index (χ3v) is 1.80. The van der Waals surface area contributed by atoms with Gasteiger partial charge in [0.2, 0.25) is 11.8 Å². The molecule has 0 fully saturated rings. The number of nitrogen functional groups attached to an aromatic ring is 1. The highest BCUT2D eigenvalue weighted by atomic mass is 16.5. The molecule has 0 aliphatic rings. The van der Waals surface area contributed by atoms with Crippen LogP contribution in [0.3, 0.4) is 0 Å². The average Bonchev–Trinajstić information content (AvgIpc) is 2.31. The molecule has 2 N–H and O–H groups in total. The van der Waals surface area contributed by atoms with Crippen molar-refractivity contribution in [2.45, 2.75) is 33.6 Å². The second-order valence-electron chi connectivity index (χ2n) is 3.17. The van der Waals surface area contributed by atoms with E-state index in [0.717, 1.165) is 0 Å². The number of hydrogen-bond acceptors (Lipinski definition) is 5. The molecular formula is C11H21N3O2. The molecule has 92 valence electrons. The molecular weight excluding hydrogens is 206 g/mol. The van der Waals surface area contributed by atoms with Crippen molar-refractivity contribution in [3.8, 4) is 11.8 Å². The Bertz CT molecular complexity index is 302. The maximum absolute atomic E-state index is 5.70. The topological polar surface area (TPSA) is 70.3 Å². The zero-order chi connectivity index (χ0) is 12.7. The summed E-state index contributed by atoms with van der Waals surface area (Å²) in [6.07, 6.45) is 0. The molecule has 0 bridgehead atoms. The van der Waals surface area contributed by atoms with Gasteiger partial charge in [0.1, 0.15) is 5.82 Å². The van der Waals surface area contributed by atoms with Gasteiger partial charge in [0, 0.05) is 5.92 Å². The van der Waals surface area contributed by atoms with E-state index in [0.29, 0.717) is 23.3 Å². The Kier molecular flexibility index (Phi) is 6.22. The van der Waals surface area contributed by atoms with Crippen molar-refractivity contribution in [1.82, 2.24) is 9.97 Å². The first-order valence-electron chi connectivity index (χ1n) is 5.35. The van der Waals surface area contributed by atoms with E-state index in [1.54, 1.807) is 0 Å². The van der Waals surface area contributed by atoms with Gasteiger partial charge in [-0.1, -0.05) is 27.7 Å². The number of nitrogens with zero attached hydrogens (tertiary/aromatic N) is 2. The molecule has 0 amide bonds. The first-order valence-corrected chi connectivity index (χ1v) is 5.35. The summed E-state index contributed by atoms with van der Waals surface area (Å²) < 4.78 is 10.0. The SMILES string of the molecule is CC.COc1nc(C(C)C)nc(OC)c1N. The summed E-state index contributed by atoms with van der Waals surface area (Å²) >= 11 is 0. The lowest BCUT2D eigenvalue weighted by atomic mass is 10.2. The predicted octanol–water partition coefficient (Wildman–Crippen LogP) is 2.23. The van der Waals surface area contributed by atoms with E-state index in [1.165, 1.54) is 14.2 Å². The minimum absolute atomic E-state index is 0.207. The van der Waals surface area contributed by atoms with Crippen molar-refractivity contribution in [2.24, 2.45) is 0 Å². The first kappa shape index (κ1) is 14.5. The van der Waals surface area contributed by atoms with Crippen molar-refractivity contribution in [2.75, 3.05) is 20.0 Å².